The maximum Gasteiger partial charge on any atom is 0.292 e. The van der Waals surface area contributed by atoms with Crippen LogP contribution in [0.3, 0.4) is 0 Å². The van der Waals surface area contributed by atoms with Crippen molar-refractivity contribution in [2.75, 3.05) is 0 Å². The number of rotatable bonds is 7. The molecule has 9 aromatic rings. The molecule has 0 spiro atoms. The summed E-state index contributed by atoms with van der Waals surface area (Å²) in [6, 6.07) is 43.1. The molecular weight excluding hydrogens is 933 g/mol. The van der Waals surface area contributed by atoms with Crippen LogP contribution in [0.5, 0.6) is 0 Å². The molecule has 309 valence electrons. The summed E-state index contributed by atoms with van der Waals surface area (Å²) in [6.07, 6.45) is 5.54. The van der Waals surface area contributed by atoms with E-state index in [2.05, 4.69) is 155 Å². The van der Waals surface area contributed by atoms with Gasteiger partial charge in [-0.05, 0) is 75.4 Å². The van der Waals surface area contributed by atoms with E-state index < -0.39 is 5.97 Å². The number of aryl methyl sites for hydroxylation is 1. The maximum atomic E-state index is 10.8. The molecule has 0 aliphatic carbocycles. The number of hydrogen-bond donors (Lipinski definition) is 1. The number of imidazole rings is 1. The number of aromatic carboxylic acids is 1. The smallest absolute Gasteiger partial charge is 0.292 e. The molecule has 0 unspecified atom stereocenters. The average Bonchev–Trinajstić information content (AvgIpc) is 3.82. The minimum atomic E-state index is -0.946. The van der Waals surface area contributed by atoms with E-state index in [1.165, 1.54) is 39.6 Å². The number of nitrogens with zero attached hydrogens (tertiary/aromatic N) is 4. The van der Waals surface area contributed by atoms with Gasteiger partial charge in [-0.15, -0.1) is 48.0 Å². The largest absolute Gasteiger partial charge is 0.501 e. The molecule has 0 fully saturated rings. The van der Waals surface area contributed by atoms with Crippen LogP contribution in [0.15, 0.2) is 132 Å². The van der Waals surface area contributed by atoms with Crippen LogP contribution in [0.1, 0.15) is 92.9 Å². The zero-order valence-corrected chi connectivity index (χ0v) is 38.1. The van der Waals surface area contributed by atoms with Crippen molar-refractivity contribution in [1.29, 1.82) is 0 Å². The number of para-hydroxylation sites is 1. The number of hydrogen-bond acceptors (Lipinski definition) is 5. The second-order valence-corrected chi connectivity index (χ2v) is 17.0. The third-order valence-electron chi connectivity index (χ3n) is 11.0. The van der Waals surface area contributed by atoms with Gasteiger partial charge in [-0.1, -0.05) is 132 Å². The summed E-state index contributed by atoms with van der Waals surface area (Å²) >= 11 is 0. The van der Waals surface area contributed by atoms with E-state index in [1.807, 2.05) is 36.8 Å². The van der Waals surface area contributed by atoms with Gasteiger partial charge < -0.3 is 19.1 Å². The van der Waals surface area contributed by atoms with Crippen molar-refractivity contribution >= 4 is 38.9 Å². The van der Waals surface area contributed by atoms with Gasteiger partial charge in [-0.25, -0.2) is 0 Å². The fourth-order valence-electron chi connectivity index (χ4n) is 7.64. The molecular formula is C53H48IrN4O3-2. The Morgan fingerprint density at radius 3 is 2.15 bits per heavy atom. The van der Waals surface area contributed by atoms with Crippen LogP contribution in [0.2, 0.25) is 0 Å². The Kier molecular flexibility index (Phi) is 12.2. The van der Waals surface area contributed by atoms with Crippen molar-refractivity contribution in [3.8, 4) is 39.5 Å². The van der Waals surface area contributed by atoms with Gasteiger partial charge in [0.15, 0.2) is 0 Å². The van der Waals surface area contributed by atoms with Gasteiger partial charge in [-0.2, -0.15) is 0 Å². The first kappa shape index (κ1) is 42.9. The topological polar surface area (TPSA) is 94.0 Å². The zero-order valence-electron chi connectivity index (χ0n) is 35.7. The van der Waals surface area contributed by atoms with Crippen LogP contribution >= 0.6 is 0 Å². The van der Waals surface area contributed by atoms with Gasteiger partial charge in [0, 0.05) is 43.6 Å². The molecule has 0 aliphatic heterocycles. The molecule has 61 heavy (non-hydrogen) atoms. The number of aromatic nitrogens is 4. The van der Waals surface area contributed by atoms with E-state index in [4.69, 9.17) is 14.5 Å². The minimum Gasteiger partial charge on any atom is -0.501 e. The number of fused-ring (bicyclic) bond motifs is 4. The molecule has 7 nitrogen and oxygen atoms in total. The monoisotopic (exact) mass is 981 g/mol. The summed E-state index contributed by atoms with van der Waals surface area (Å²) in [5.74, 6) is 0.536. The summed E-state index contributed by atoms with van der Waals surface area (Å²) < 4.78 is 8.97. The molecule has 0 amide bonds. The molecule has 4 heterocycles. The minimum absolute atomic E-state index is 0. The van der Waals surface area contributed by atoms with Crippen molar-refractivity contribution in [1.82, 2.24) is 19.5 Å². The van der Waals surface area contributed by atoms with E-state index >= 15 is 0 Å². The summed E-state index contributed by atoms with van der Waals surface area (Å²) in [6.45, 7) is 17.5. The predicted molar refractivity (Wildman–Crippen MR) is 243 cm³/mol. The molecule has 0 saturated carbocycles. The normalized spacial score (nSPS) is 11.6. The molecule has 0 atom stereocenters. The molecule has 0 saturated heterocycles. The fraction of sp³-hybridized carbons (Fsp3) is 0.208. The first-order chi connectivity index (χ1) is 28.8. The second kappa shape index (κ2) is 17.4. The quantitative estimate of drug-likeness (QED) is 0.160. The van der Waals surface area contributed by atoms with Gasteiger partial charge in [0.05, 0.1) is 28.6 Å². The summed E-state index contributed by atoms with van der Waals surface area (Å²) in [5.41, 5.74) is 14.7. The van der Waals surface area contributed by atoms with Crippen molar-refractivity contribution in [3.63, 3.8) is 0 Å². The Morgan fingerprint density at radius 1 is 0.803 bits per heavy atom. The summed E-state index contributed by atoms with van der Waals surface area (Å²) in [4.78, 5) is 24.7. The standard InChI is InChI=1S/C37H32N3O.C16H16NO2.Ir/c1-22(2)27-8-6-9-28(23(3)4)35(27)40-33-18-19-38-21-32(33)39-37(40)31-11-7-10-30-29-17-16-26(20-34(29)41-36(30)31)25-14-12-24(5)13-15-25;1-16(2,3)13-8-9-14(17-10-13)11-4-6-12(7-5-11)15(18)19;/h6-10,12-23H,1-5H3;4,6-10H,1-3H3,(H,18,19);/q2*-1;. The third kappa shape index (κ3) is 8.56. The van der Waals surface area contributed by atoms with Crippen LogP contribution in [0, 0.1) is 19.1 Å². The first-order valence-electron chi connectivity index (χ1n) is 20.4. The number of benzene rings is 5. The van der Waals surface area contributed by atoms with E-state index in [0.29, 0.717) is 11.8 Å². The van der Waals surface area contributed by atoms with Crippen LogP contribution in [0.25, 0.3) is 72.4 Å². The van der Waals surface area contributed by atoms with E-state index in [9.17, 15) is 4.79 Å². The van der Waals surface area contributed by atoms with Gasteiger partial charge in [-0.3, -0.25) is 14.8 Å². The van der Waals surface area contributed by atoms with Crippen molar-refractivity contribution in [3.05, 3.63) is 168 Å². The van der Waals surface area contributed by atoms with Crippen LogP contribution in [0.4, 0.5) is 0 Å². The molecule has 1 N–H and O–H groups in total. The Bertz CT molecular complexity index is 2960. The molecule has 0 aliphatic rings. The Morgan fingerprint density at radius 2 is 1.52 bits per heavy atom. The van der Waals surface area contributed by atoms with Crippen LogP contribution in [-0.2, 0) is 25.5 Å². The van der Waals surface area contributed by atoms with Gasteiger partial charge in [0.25, 0.3) is 5.97 Å². The molecule has 9 rings (SSSR count). The second-order valence-electron chi connectivity index (χ2n) is 17.0. The average molecular weight is 981 g/mol. The van der Waals surface area contributed by atoms with E-state index in [-0.39, 0.29) is 31.1 Å². The van der Waals surface area contributed by atoms with E-state index in [1.54, 1.807) is 12.1 Å². The number of carbonyl (C=O) groups is 1. The third-order valence-corrected chi connectivity index (χ3v) is 11.0. The van der Waals surface area contributed by atoms with Crippen molar-refractivity contribution in [2.24, 2.45) is 0 Å². The summed E-state index contributed by atoms with van der Waals surface area (Å²) in [5, 5.41) is 11.0. The number of furan rings is 1. The zero-order chi connectivity index (χ0) is 42.3. The summed E-state index contributed by atoms with van der Waals surface area (Å²) in [7, 11) is 0. The fourth-order valence-corrected chi connectivity index (χ4v) is 7.64. The maximum absolute atomic E-state index is 10.8. The first-order valence-corrected chi connectivity index (χ1v) is 20.4. The van der Waals surface area contributed by atoms with Crippen molar-refractivity contribution < 1.29 is 34.4 Å². The predicted octanol–water partition coefficient (Wildman–Crippen LogP) is 13.6. The Balaban J connectivity index is 0.000000237. The molecule has 0 bridgehead atoms. The molecule has 1 radical (unpaired) electrons. The Labute approximate surface area is 370 Å². The van der Waals surface area contributed by atoms with Gasteiger partial charge in [0.2, 0.25) is 0 Å². The molecule has 8 heteroatoms. The molecule has 5 aromatic carbocycles. The van der Waals surface area contributed by atoms with E-state index in [0.717, 1.165) is 61.2 Å². The van der Waals surface area contributed by atoms with Gasteiger partial charge in [0.1, 0.15) is 5.58 Å². The number of carboxylic acids is 1. The number of carboxylic acid groups (broad SMARTS) is 1. The van der Waals surface area contributed by atoms with Crippen LogP contribution in [-0.4, -0.2) is 30.6 Å². The van der Waals surface area contributed by atoms with Crippen molar-refractivity contribution in [2.45, 2.75) is 72.6 Å². The Hall–Kier alpha value is -6.21. The number of pyridine rings is 2. The van der Waals surface area contributed by atoms with Gasteiger partial charge >= 0.3 is 0 Å². The SMILES string of the molecule is CC(C)(C)c1ccc(-c2[c-]cc(C(=O)O)cc2)nc1.Cc1ccc(-c2ccc3c(c2)oc2c(-c4nc5cnccc5n4-c4c(C(C)C)cccc4C(C)C)[c-]ccc23)cc1.[Ir]. The molecule has 4 aromatic heterocycles. The van der Waals surface area contributed by atoms with Crippen LogP contribution < -0.4 is 0 Å².